The number of piperidine rings is 1. The zero-order chi connectivity index (χ0) is 16.7. The summed E-state index contributed by atoms with van der Waals surface area (Å²) >= 11 is 0. The molecule has 0 aromatic heterocycles. The van der Waals surface area contributed by atoms with Crippen LogP contribution in [0.4, 0.5) is 0 Å². The lowest BCUT2D eigenvalue weighted by Crippen LogP contribution is -2.52. The normalized spacial score (nSPS) is 25.8. The van der Waals surface area contributed by atoms with Crippen molar-refractivity contribution in [3.05, 3.63) is 0 Å². The quantitative estimate of drug-likeness (QED) is 0.580. The molecule has 0 aromatic rings. The average Bonchev–Trinajstić information content (AvgIpc) is 3.05. The van der Waals surface area contributed by atoms with E-state index in [9.17, 15) is 0 Å². The summed E-state index contributed by atoms with van der Waals surface area (Å²) in [6.07, 6.45) is 5.34. The highest BCUT2D eigenvalue weighted by molar-refractivity contribution is 5.79. The lowest BCUT2D eigenvalue weighted by molar-refractivity contribution is 0.108. The SMILES string of the molecule is CN=C(NCC1CCCO1)NCC(C(C)C)N1CCC(C)CC1. The van der Waals surface area contributed by atoms with Gasteiger partial charge in [0.05, 0.1) is 6.10 Å². The van der Waals surface area contributed by atoms with E-state index in [4.69, 9.17) is 4.74 Å². The summed E-state index contributed by atoms with van der Waals surface area (Å²) in [5.41, 5.74) is 0. The maximum atomic E-state index is 5.66. The van der Waals surface area contributed by atoms with Gasteiger partial charge >= 0.3 is 0 Å². The fourth-order valence-electron chi connectivity index (χ4n) is 3.58. The van der Waals surface area contributed by atoms with Crippen LogP contribution < -0.4 is 10.6 Å². The van der Waals surface area contributed by atoms with Crippen LogP contribution in [0.5, 0.6) is 0 Å². The predicted octanol–water partition coefficient (Wildman–Crippen LogP) is 2.09. The lowest BCUT2D eigenvalue weighted by Gasteiger charge is -2.39. The Balaban J connectivity index is 1.77. The Morgan fingerprint density at radius 2 is 1.96 bits per heavy atom. The molecule has 2 heterocycles. The first-order chi connectivity index (χ1) is 11.1. The highest BCUT2D eigenvalue weighted by Crippen LogP contribution is 2.21. The molecule has 134 valence electrons. The molecule has 2 rings (SSSR count). The van der Waals surface area contributed by atoms with Crippen molar-refractivity contribution in [2.24, 2.45) is 16.8 Å². The van der Waals surface area contributed by atoms with Crippen molar-refractivity contribution in [3.8, 4) is 0 Å². The van der Waals surface area contributed by atoms with Crippen molar-refractivity contribution in [1.29, 1.82) is 0 Å². The molecule has 23 heavy (non-hydrogen) atoms. The molecule has 5 nitrogen and oxygen atoms in total. The van der Waals surface area contributed by atoms with E-state index in [0.29, 0.717) is 18.1 Å². The van der Waals surface area contributed by atoms with Crippen LogP contribution in [0.3, 0.4) is 0 Å². The summed E-state index contributed by atoms with van der Waals surface area (Å²) < 4.78 is 5.66. The molecule has 0 amide bonds. The second-order valence-electron chi connectivity index (χ2n) is 7.50. The fraction of sp³-hybridized carbons (Fsp3) is 0.944. The zero-order valence-corrected chi connectivity index (χ0v) is 15.5. The smallest absolute Gasteiger partial charge is 0.191 e. The van der Waals surface area contributed by atoms with Gasteiger partial charge in [-0.15, -0.1) is 0 Å². The van der Waals surface area contributed by atoms with E-state index in [-0.39, 0.29) is 0 Å². The molecular weight excluding hydrogens is 288 g/mol. The van der Waals surface area contributed by atoms with Crippen LogP contribution in [0.25, 0.3) is 0 Å². The number of ether oxygens (including phenoxy) is 1. The Morgan fingerprint density at radius 3 is 2.52 bits per heavy atom. The zero-order valence-electron chi connectivity index (χ0n) is 15.5. The highest BCUT2D eigenvalue weighted by Gasteiger charge is 2.25. The molecule has 2 fully saturated rings. The molecule has 2 N–H and O–H groups in total. The van der Waals surface area contributed by atoms with Crippen LogP contribution >= 0.6 is 0 Å². The molecule has 0 bridgehead atoms. The molecule has 2 atom stereocenters. The second kappa shape index (κ2) is 9.48. The molecule has 0 radical (unpaired) electrons. The Hall–Kier alpha value is -0.810. The number of guanidine groups is 1. The van der Waals surface area contributed by atoms with Gasteiger partial charge in [0, 0.05) is 32.8 Å². The minimum atomic E-state index is 0.345. The Bertz CT molecular complexity index is 358. The van der Waals surface area contributed by atoms with E-state index < -0.39 is 0 Å². The molecule has 2 aliphatic heterocycles. The van der Waals surface area contributed by atoms with E-state index in [2.05, 4.69) is 41.3 Å². The first-order valence-electron chi connectivity index (χ1n) is 9.40. The van der Waals surface area contributed by atoms with Crippen LogP contribution in [-0.4, -0.2) is 62.8 Å². The molecular formula is C18H36N4O. The van der Waals surface area contributed by atoms with Gasteiger partial charge in [0.2, 0.25) is 0 Å². The predicted molar refractivity (Wildman–Crippen MR) is 96.9 cm³/mol. The van der Waals surface area contributed by atoms with Crippen LogP contribution in [0, 0.1) is 11.8 Å². The van der Waals surface area contributed by atoms with Crippen LogP contribution in [-0.2, 0) is 4.74 Å². The van der Waals surface area contributed by atoms with E-state index >= 15 is 0 Å². The van der Waals surface area contributed by atoms with E-state index in [1.165, 1.54) is 32.4 Å². The number of nitrogens with zero attached hydrogens (tertiary/aromatic N) is 2. The Labute approximate surface area is 142 Å². The summed E-state index contributed by atoms with van der Waals surface area (Å²) in [6, 6.07) is 0.573. The molecule has 2 saturated heterocycles. The van der Waals surface area contributed by atoms with Crippen molar-refractivity contribution in [2.45, 2.75) is 58.6 Å². The summed E-state index contributed by atoms with van der Waals surface area (Å²) in [6.45, 7) is 12.2. The van der Waals surface area contributed by atoms with Gasteiger partial charge in [-0.2, -0.15) is 0 Å². The van der Waals surface area contributed by atoms with Crippen LogP contribution in [0.15, 0.2) is 4.99 Å². The third-order valence-corrected chi connectivity index (χ3v) is 5.28. The number of rotatable bonds is 6. The topological polar surface area (TPSA) is 48.9 Å². The monoisotopic (exact) mass is 324 g/mol. The van der Waals surface area contributed by atoms with Crippen molar-refractivity contribution < 1.29 is 4.74 Å². The number of hydrogen-bond acceptors (Lipinski definition) is 3. The van der Waals surface area contributed by atoms with Gasteiger partial charge < -0.3 is 15.4 Å². The van der Waals surface area contributed by atoms with Crippen molar-refractivity contribution in [1.82, 2.24) is 15.5 Å². The Kier molecular flexibility index (Phi) is 7.63. The van der Waals surface area contributed by atoms with Crippen molar-refractivity contribution in [3.63, 3.8) is 0 Å². The first-order valence-corrected chi connectivity index (χ1v) is 9.40. The van der Waals surface area contributed by atoms with Crippen LogP contribution in [0.2, 0.25) is 0 Å². The molecule has 0 saturated carbocycles. The van der Waals surface area contributed by atoms with Crippen molar-refractivity contribution in [2.75, 3.05) is 39.8 Å². The number of nitrogens with one attached hydrogen (secondary N) is 2. The van der Waals surface area contributed by atoms with Crippen LogP contribution in [0.1, 0.15) is 46.5 Å². The molecule has 0 aliphatic carbocycles. The number of likely N-dealkylation sites (tertiary alicyclic amines) is 1. The van der Waals surface area contributed by atoms with E-state index in [1.807, 2.05) is 7.05 Å². The molecule has 0 spiro atoms. The van der Waals surface area contributed by atoms with E-state index in [1.54, 1.807) is 0 Å². The summed E-state index contributed by atoms with van der Waals surface area (Å²) in [4.78, 5) is 7.02. The standard InChI is InChI=1S/C18H36N4O/c1-14(2)17(22-9-7-15(3)8-10-22)13-21-18(19-4)20-12-16-6-5-11-23-16/h14-17H,5-13H2,1-4H3,(H2,19,20,21). The largest absolute Gasteiger partial charge is 0.376 e. The van der Waals surface area contributed by atoms with Gasteiger partial charge in [0.1, 0.15) is 0 Å². The summed E-state index contributed by atoms with van der Waals surface area (Å²) in [5, 5.41) is 6.94. The van der Waals surface area contributed by atoms with Crippen molar-refractivity contribution >= 4 is 5.96 Å². The van der Waals surface area contributed by atoms with Gasteiger partial charge in [-0.3, -0.25) is 9.89 Å². The molecule has 5 heteroatoms. The molecule has 0 aromatic carbocycles. The number of aliphatic imine (C=N–C) groups is 1. The lowest BCUT2D eigenvalue weighted by atomic mass is 9.94. The highest BCUT2D eigenvalue weighted by atomic mass is 16.5. The summed E-state index contributed by atoms with van der Waals surface area (Å²) in [5.74, 6) is 2.43. The van der Waals surface area contributed by atoms with Gasteiger partial charge in [-0.05, 0) is 50.6 Å². The Morgan fingerprint density at radius 1 is 1.22 bits per heavy atom. The maximum Gasteiger partial charge on any atom is 0.191 e. The average molecular weight is 325 g/mol. The minimum absolute atomic E-state index is 0.345. The van der Waals surface area contributed by atoms with Gasteiger partial charge in [-0.1, -0.05) is 20.8 Å². The van der Waals surface area contributed by atoms with Gasteiger partial charge in [0.25, 0.3) is 0 Å². The minimum Gasteiger partial charge on any atom is -0.376 e. The molecule has 2 aliphatic rings. The van der Waals surface area contributed by atoms with Gasteiger partial charge in [0.15, 0.2) is 5.96 Å². The summed E-state index contributed by atoms with van der Waals surface area (Å²) in [7, 11) is 1.85. The third-order valence-electron chi connectivity index (χ3n) is 5.28. The third kappa shape index (κ3) is 5.96. The first kappa shape index (κ1) is 18.5. The van der Waals surface area contributed by atoms with E-state index in [0.717, 1.165) is 38.0 Å². The second-order valence-corrected chi connectivity index (χ2v) is 7.50. The van der Waals surface area contributed by atoms with Gasteiger partial charge in [-0.25, -0.2) is 0 Å². The molecule has 2 unspecified atom stereocenters. The maximum absolute atomic E-state index is 5.66. The fourth-order valence-corrected chi connectivity index (χ4v) is 3.58. The number of hydrogen-bond donors (Lipinski definition) is 2.